The molecule has 0 spiro atoms. The highest BCUT2D eigenvalue weighted by Crippen LogP contribution is 2.29. The monoisotopic (exact) mass is 1900 g/mol. The van der Waals surface area contributed by atoms with E-state index in [0.717, 1.165) is 16.7 Å². The van der Waals surface area contributed by atoms with Crippen LogP contribution in [-0.4, -0.2) is 240 Å². The Hall–Kier alpha value is -13.7. The molecule has 4 bridgehead atoms. The molecule has 14 atom stereocenters. The van der Waals surface area contributed by atoms with Gasteiger partial charge in [-0.2, -0.15) is 0 Å². The number of aliphatic carboxylic acids is 1. The molecule has 3 aliphatic rings. The van der Waals surface area contributed by atoms with Crippen molar-refractivity contribution in [2.75, 3.05) is 32.0 Å². The number of ketones is 2. The molecule has 734 valence electrons. The SMILES string of the molecule is CC(C)C[C@@H]1NC(=O)[C@H](Cc2c[nH]c3ccccc23)NC(=O)[C@H](Cc2c[nH]c3ccccc23)NC(=O)[C@H](CC(C)C)NC(=O)CNC(=O)[C@@H]2CCCN2C(=O)[C@H](CCC(=O)O)NC(=O)[C@H](Cc2ccccc2)NC(=O)[C@H](CO)NC(=O)[C@@H]2CSC(=N2)c2cccc(n2)C[C@@H](C(N)=O)NC(=O)[C@H](CC(C)C)NC(=O)[C@H](C(C)C)NC(=O)[C@H](CCCNC(=N)N)CC(=O)[C@H](Cc2ccccc2)CC1=O. The van der Waals surface area contributed by atoms with E-state index >= 15 is 28.8 Å². The van der Waals surface area contributed by atoms with Gasteiger partial charge in [0.05, 0.1) is 24.9 Å². The van der Waals surface area contributed by atoms with E-state index in [-0.39, 0.29) is 136 Å². The Morgan fingerprint density at radius 3 is 1.58 bits per heavy atom. The summed E-state index contributed by atoms with van der Waals surface area (Å²) in [6, 6.07) is 19.1. The first-order valence-corrected chi connectivity index (χ1v) is 47.6. The molecule has 6 heterocycles. The number of primary amides is 1. The second kappa shape index (κ2) is 50.7. The van der Waals surface area contributed by atoms with E-state index in [9.17, 15) is 58.2 Å². The predicted octanol–water partition coefficient (Wildman–Crippen LogP) is 2.94. The van der Waals surface area contributed by atoms with Crippen molar-refractivity contribution >= 4 is 139 Å². The lowest BCUT2D eigenvalue weighted by molar-refractivity contribution is -0.143. The van der Waals surface area contributed by atoms with Crippen LogP contribution in [0.25, 0.3) is 21.8 Å². The van der Waals surface area contributed by atoms with E-state index in [1.165, 1.54) is 0 Å². The number of amides is 13. The number of aromatic nitrogens is 3. The molecule has 1 saturated heterocycles. The van der Waals surface area contributed by atoms with Crippen molar-refractivity contribution in [3.05, 3.63) is 173 Å². The Morgan fingerprint density at radius 2 is 1.01 bits per heavy atom. The lowest BCUT2D eigenvalue weighted by atomic mass is 9.83. The maximum Gasteiger partial charge on any atom is 0.303 e. The number of rotatable bonds is 24. The van der Waals surface area contributed by atoms with Crippen molar-refractivity contribution in [2.45, 2.75) is 231 Å². The van der Waals surface area contributed by atoms with Crippen LogP contribution in [0.1, 0.15) is 160 Å². The zero-order valence-corrected chi connectivity index (χ0v) is 79.2. The zero-order valence-electron chi connectivity index (χ0n) is 78.4. The van der Waals surface area contributed by atoms with Gasteiger partial charge in [-0.15, -0.1) is 11.8 Å². The fraction of sp³-hybridized carbons (Fsp3) is 0.480. The van der Waals surface area contributed by atoms with Crippen molar-refractivity contribution in [3.8, 4) is 0 Å². The van der Waals surface area contributed by atoms with Crippen LogP contribution < -0.4 is 75.3 Å². The Kier molecular flexibility index (Phi) is 39.0. The summed E-state index contributed by atoms with van der Waals surface area (Å²) in [5.74, 6) is -18.0. The number of carbonyl (C=O) groups excluding carboxylic acids is 15. The van der Waals surface area contributed by atoms with E-state index < -0.39 is 223 Å². The van der Waals surface area contributed by atoms with Crippen LogP contribution in [0.2, 0.25) is 0 Å². The minimum absolute atomic E-state index is 0.00545. The van der Waals surface area contributed by atoms with Crippen molar-refractivity contribution in [2.24, 2.45) is 52.0 Å². The molecular formula is C98H128N20O18S. The van der Waals surface area contributed by atoms with Crippen molar-refractivity contribution in [1.29, 1.82) is 5.41 Å². The van der Waals surface area contributed by atoms with Crippen LogP contribution >= 0.6 is 11.8 Å². The number of aliphatic hydroxyl groups is 1. The molecule has 38 nitrogen and oxygen atoms in total. The maximum absolute atomic E-state index is 15.7. The first-order valence-electron chi connectivity index (χ1n) is 46.6. The Bertz CT molecular complexity index is 5510. The average molecular weight is 1910 g/mol. The number of nitrogens with zero attached hydrogens (tertiary/aromatic N) is 3. The second-order valence-electron chi connectivity index (χ2n) is 36.9. The normalized spacial score (nSPS) is 23.9. The van der Waals surface area contributed by atoms with Gasteiger partial charge in [0, 0.05) is 116 Å². The number of H-pyrrole nitrogens is 2. The standard InChI is InChI=1S/C98H128N20O18S/c1-53(2)38-70-81(121)46-60(41-57-22-11-9-12-23-57)80(120)45-59(26-20-36-102-98(100)101)86(126)117-84(56(7)8)95(135)114-73(40-55(5)6)88(128)110-71(85(99)125)47-63-27-19-32-68(106-63)96-116-78(52-137-96)93(133)115-77(51-119)92(132)111-74(42-58-24-13-10-14-25-58)89(129)108-69(34-35-83(123)124)97(136)118-37-21-33-79(118)94(134)105-50-82(122)107-72(39-54(3)4)87(127)112-76(44-62-49-104-67-31-18-16-29-65(62)67)91(131)113-75(90(130)109-70)43-61-48-103-66-30-17-15-28-64(61)66/h9-19,22-25,27-32,48-49,53-56,59-60,69-79,84,103-104,119H,20-21,26,33-47,50-52H2,1-8H3,(H2,99,125)(H,105,134)(H,107,122)(H,108,129)(H,109,130)(H,110,128)(H,111,132)(H,112,127)(H,113,131)(H,114,135)(H,115,133)(H,117,126)(H,123,124)(H4,100,101,102)/t59-,60-,69+,70+,71+,72+,73+,74+,75+,76+,77+,78+,79+,84+/m1/s1. The van der Waals surface area contributed by atoms with E-state index in [1.807, 2.05) is 44.2 Å². The van der Waals surface area contributed by atoms with Crippen LogP contribution in [0.4, 0.5) is 0 Å². The second-order valence-corrected chi connectivity index (χ2v) is 37.9. The minimum Gasteiger partial charge on any atom is -0.481 e. The molecule has 21 N–H and O–H groups in total. The number of carbonyl (C=O) groups is 16. The van der Waals surface area contributed by atoms with Gasteiger partial charge in [-0.3, -0.25) is 92.1 Å². The molecule has 0 radical (unpaired) electrons. The largest absolute Gasteiger partial charge is 0.481 e. The summed E-state index contributed by atoms with van der Waals surface area (Å²) in [5, 5.41) is 63.0. The summed E-state index contributed by atoms with van der Waals surface area (Å²) >= 11 is 1.11. The highest BCUT2D eigenvalue weighted by molar-refractivity contribution is 8.14. The first kappa shape index (κ1) is 105. The number of aliphatic hydroxyl groups excluding tert-OH is 1. The Labute approximate surface area is 798 Å². The molecule has 39 heteroatoms. The summed E-state index contributed by atoms with van der Waals surface area (Å²) in [6.45, 7) is 12.4. The lowest BCUT2D eigenvalue weighted by Crippen LogP contribution is -2.60. The highest BCUT2D eigenvalue weighted by atomic mass is 32.2. The first-order chi connectivity index (χ1) is 65.4. The van der Waals surface area contributed by atoms with Crippen LogP contribution in [0.3, 0.4) is 0 Å². The number of guanidine groups is 1. The van der Waals surface area contributed by atoms with Crippen LogP contribution in [0, 0.1) is 40.9 Å². The van der Waals surface area contributed by atoms with Crippen molar-refractivity contribution in [3.63, 3.8) is 0 Å². The van der Waals surface area contributed by atoms with Gasteiger partial charge < -0.3 is 100 Å². The number of benzene rings is 4. The minimum atomic E-state index is -1.71. The van der Waals surface area contributed by atoms with Crippen LogP contribution in [0.15, 0.2) is 145 Å². The van der Waals surface area contributed by atoms with E-state index in [1.54, 1.807) is 151 Å². The lowest BCUT2D eigenvalue weighted by Gasteiger charge is -2.30. The summed E-state index contributed by atoms with van der Waals surface area (Å²) in [4.78, 5) is 252. The molecule has 3 aromatic heterocycles. The quantitative estimate of drug-likeness (QED) is 0.0235. The molecule has 4 aromatic carbocycles. The summed E-state index contributed by atoms with van der Waals surface area (Å²) in [7, 11) is 0. The van der Waals surface area contributed by atoms with Crippen LogP contribution in [0.5, 0.6) is 0 Å². The molecule has 137 heavy (non-hydrogen) atoms. The predicted molar refractivity (Wildman–Crippen MR) is 514 cm³/mol. The number of aromatic amines is 2. The molecule has 10 rings (SSSR count). The number of nitrogens with two attached hydrogens (primary N) is 2. The topological polar surface area (TPSA) is 594 Å². The molecular weight excluding hydrogens is 1780 g/mol. The van der Waals surface area contributed by atoms with Gasteiger partial charge in [0.2, 0.25) is 76.8 Å². The van der Waals surface area contributed by atoms with Crippen molar-refractivity contribution in [1.82, 2.24) is 83.7 Å². The number of Topliss-reactive ketones (excluding diaryl/α,β-unsaturated/α-hetero) is 2. The third-order valence-electron chi connectivity index (χ3n) is 24.2. The summed E-state index contributed by atoms with van der Waals surface area (Å²) < 4.78 is 0. The third kappa shape index (κ3) is 31.2. The molecule has 0 aliphatic carbocycles. The van der Waals surface area contributed by atoms with E-state index in [2.05, 4.69) is 78.8 Å². The van der Waals surface area contributed by atoms with Gasteiger partial charge in [-0.05, 0) is 128 Å². The smallest absolute Gasteiger partial charge is 0.303 e. The summed E-state index contributed by atoms with van der Waals surface area (Å²) in [5.41, 5.74) is 15.8. The number of pyridine rings is 1. The van der Waals surface area contributed by atoms with Gasteiger partial charge in [-0.25, -0.2) is 0 Å². The molecule has 13 amide bonds. The number of nitrogens with one attached hydrogen (secondary N) is 15. The number of carboxylic acid groups (broad SMARTS) is 1. The summed E-state index contributed by atoms with van der Waals surface area (Å²) in [6.07, 6.45) is 0.808. The molecule has 1 fully saturated rings. The number of aliphatic imine (C=N–C) groups is 1. The Morgan fingerprint density at radius 1 is 0.511 bits per heavy atom. The van der Waals surface area contributed by atoms with Gasteiger partial charge in [0.15, 0.2) is 11.7 Å². The van der Waals surface area contributed by atoms with Gasteiger partial charge in [0.25, 0.3) is 0 Å². The maximum atomic E-state index is 15.7. The molecule has 0 unspecified atom stereocenters. The average Bonchev–Trinajstić information content (AvgIpc) is 1.68. The van der Waals surface area contributed by atoms with E-state index in [0.29, 0.717) is 44.1 Å². The number of carboxylic acids is 1. The van der Waals surface area contributed by atoms with Crippen LogP contribution in [-0.2, 0) is 109 Å². The number of thioether (sulfide) groups is 1. The number of fused-ring (bicyclic) bond motifs is 7. The van der Waals surface area contributed by atoms with E-state index in [4.69, 9.17) is 21.9 Å². The molecule has 3 aliphatic heterocycles. The zero-order chi connectivity index (χ0) is 99.3. The number of hydrogen-bond acceptors (Lipinski definition) is 21. The molecule has 0 saturated carbocycles. The third-order valence-corrected chi connectivity index (χ3v) is 25.3. The van der Waals surface area contributed by atoms with Crippen molar-refractivity contribution < 1.29 is 86.9 Å². The Balaban J connectivity index is 0.994. The highest BCUT2D eigenvalue weighted by Gasteiger charge is 2.43. The fourth-order valence-corrected chi connectivity index (χ4v) is 18.1. The number of para-hydroxylation sites is 2. The molecule has 7 aromatic rings. The van der Waals surface area contributed by atoms with Gasteiger partial charge in [0.1, 0.15) is 77.3 Å². The number of hydrogen-bond donors (Lipinski definition) is 19. The fourth-order valence-electron chi connectivity index (χ4n) is 17.1. The van der Waals surface area contributed by atoms with Gasteiger partial charge >= 0.3 is 5.97 Å². The van der Waals surface area contributed by atoms with Gasteiger partial charge in [-0.1, -0.05) is 159 Å².